The minimum atomic E-state index is -0.923. The van der Waals surface area contributed by atoms with Crippen LogP contribution in [-0.4, -0.2) is 30.1 Å². The summed E-state index contributed by atoms with van der Waals surface area (Å²) in [5.74, 6) is -1.11. The van der Waals surface area contributed by atoms with Gasteiger partial charge in [-0.05, 0) is 42.6 Å². The summed E-state index contributed by atoms with van der Waals surface area (Å²) >= 11 is 1.44. The second-order valence-electron chi connectivity index (χ2n) is 7.80. The van der Waals surface area contributed by atoms with Crippen LogP contribution in [0.4, 0.5) is 5.00 Å². The average Bonchev–Trinajstić information content (AvgIpc) is 2.89. The molecule has 1 aliphatic rings. The monoisotopic (exact) mass is 381 g/mol. The number of carbonyl (C=O) groups is 3. The average molecular weight is 381 g/mol. The molecule has 26 heavy (non-hydrogen) atoms. The lowest BCUT2D eigenvalue weighted by molar-refractivity contribution is -0.137. The molecule has 0 aliphatic heterocycles. The molecule has 1 aliphatic carbocycles. The molecule has 0 fully saturated rings. The van der Waals surface area contributed by atoms with E-state index < -0.39 is 11.9 Å². The summed E-state index contributed by atoms with van der Waals surface area (Å²) in [6, 6.07) is 0. The zero-order valence-electron chi connectivity index (χ0n) is 15.8. The lowest BCUT2D eigenvalue weighted by atomic mass is 9.72. The van der Waals surface area contributed by atoms with E-state index in [1.54, 1.807) is 0 Å². The Morgan fingerprint density at radius 1 is 1.27 bits per heavy atom. The van der Waals surface area contributed by atoms with Crippen molar-refractivity contribution in [2.24, 2.45) is 11.3 Å². The number of thiophene rings is 1. The molecule has 1 unspecified atom stereocenters. The maximum atomic E-state index is 12.3. The zero-order chi connectivity index (χ0) is 19.5. The number of aliphatic carboxylic acids is 1. The van der Waals surface area contributed by atoms with E-state index in [0.29, 0.717) is 16.5 Å². The summed E-state index contributed by atoms with van der Waals surface area (Å²) in [6.07, 6.45) is 3.02. The lowest BCUT2D eigenvalue weighted by Crippen LogP contribution is -2.26. The van der Waals surface area contributed by atoms with Crippen molar-refractivity contribution in [3.05, 3.63) is 16.0 Å². The number of hydrogen-bond acceptors (Lipinski definition) is 5. The van der Waals surface area contributed by atoms with Crippen molar-refractivity contribution < 1.29 is 24.2 Å². The highest BCUT2D eigenvalue weighted by Gasteiger charge is 2.34. The number of carboxylic acid groups (broad SMARTS) is 1. The Morgan fingerprint density at radius 2 is 1.96 bits per heavy atom. The molecular weight excluding hydrogens is 354 g/mol. The van der Waals surface area contributed by atoms with Gasteiger partial charge in [0.25, 0.3) is 0 Å². The van der Waals surface area contributed by atoms with E-state index in [4.69, 9.17) is 9.84 Å². The molecule has 0 saturated carbocycles. The van der Waals surface area contributed by atoms with Gasteiger partial charge in [-0.1, -0.05) is 20.8 Å². The maximum Gasteiger partial charge on any atom is 0.341 e. The van der Waals surface area contributed by atoms with Crippen molar-refractivity contribution in [2.45, 2.75) is 59.3 Å². The Kier molecular flexibility index (Phi) is 6.44. The van der Waals surface area contributed by atoms with Crippen LogP contribution in [0.5, 0.6) is 0 Å². The highest BCUT2D eigenvalue weighted by molar-refractivity contribution is 7.17. The fraction of sp³-hybridized carbons (Fsp3) is 0.632. The number of carbonyl (C=O) groups excluding carboxylic acids is 2. The number of rotatable bonds is 6. The molecule has 0 aromatic carbocycles. The third-order valence-corrected chi connectivity index (χ3v) is 6.10. The van der Waals surface area contributed by atoms with Gasteiger partial charge in [-0.3, -0.25) is 9.59 Å². The predicted octanol–water partition coefficient (Wildman–Crippen LogP) is 3.88. The van der Waals surface area contributed by atoms with Crippen LogP contribution >= 0.6 is 11.3 Å². The second-order valence-corrected chi connectivity index (χ2v) is 8.91. The smallest absolute Gasteiger partial charge is 0.341 e. The van der Waals surface area contributed by atoms with Gasteiger partial charge in [0.15, 0.2) is 0 Å². The Balaban J connectivity index is 2.21. The number of anilines is 1. The Bertz CT molecular complexity index is 702. The molecule has 2 rings (SSSR count). The largest absolute Gasteiger partial charge is 0.481 e. The van der Waals surface area contributed by atoms with Crippen LogP contribution in [0.25, 0.3) is 0 Å². The van der Waals surface area contributed by atoms with E-state index in [-0.39, 0.29) is 30.6 Å². The van der Waals surface area contributed by atoms with Crippen LogP contribution in [0.2, 0.25) is 0 Å². The molecule has 1 aromatic heterocycles. The van der Waals surface area contributed by atoms with Crippen LogP contribution in [0, 0.1) is 11.3 Å². The van der Waals surface area contributed by atoms with Crippen molar-refractivity contribution in [1.82, 2.24) is 0 Å². The van der Waals surface area contributed by atoms with Crippen molar-refractivity contribution in [3.8, 4) is 0 Å². The number of esters is 1. The first-order valence-electron chi connectivity index (χ1n) is 8.88. The number of methoxy groups -OCH3 is 1. The number of ether oxygens (including phenoxy) is 1. The minimum Gasteiger partial charge on any atom is -0.481 e. The Hall–Kier alpha value is -1.89. The molecule has 0 radical (unpaired) electrons. The Morgan fingerprint density at radius 3 is 2.54 bits per heavy atom. The Labute approximate surface area is 157 Å². The standard InChI is InChI=1S/C19H27NO5S/c1-19(2,3)11-8-9-12-13(10-11)26-17(16(12)18(24)25-4)20-14(21)6-5-7-15(22)23/h11H,5-10H2,1-4H3,(H,20,21)(H,22,23). The van der Waals surface area contributed by atoms with Gasteiger partial charge in [0.05, 0.1) is 12.7 Å². The summed E-state index contributed by atoms with van der Waals surface area (Å²) in [6.45, 7) is 6.67. The van der Waals surface area contributed by atoms with E-state index in [9.17, 15) is 14.4 Å². The van der Waals surface area contributed by atoms with Crippen LogP contribution in [0.15, 0.2) is 0 Å². The summed E-state index contributed by atoms with van der Waals surface area (Å²) in [4.78, 5) is 36.1. The van der Waals surface area contributed by atoms with Crippen molar-refractivity contribution in [2.75, 3.05) is 12.4 Å². The van der Waals surface area contributed by atoms with Gasteiger partial charge in [0.2, 0.25) is 5.91 Å². The normalized spacial score (nSPS) is 16.7. The molecule has 0 bridgehead atoms. The molecule has 1 amide bonds. The minimum absolute atomic E-state index is 0.0501. The van der Waals surface area contributed by atoms with Crippen molar-refractivity contribution in [3.63, 3.8) is 0 Å². The SMILES string of the molecule is COC(=O)c1c(NC(=O)CCCC(=O)O)sc2c1CCC(C(C)(C)C)C2. The highest BCUT2D eigenvalue weighted by Crippen LogP contribution is 2.44. The van der Waals surface area contributed by atoms with Gasteiger partial charge in [-0.25, -0.2) is 4.79 Å². The van der Waals surface area contributed by atoms with Gasteiger partial charge >= 0.3 is 11.9 Å². The topological polar surface area (TPSA) is 92.7 Å². The third-order valence-electron chi connectivity index (χ3n) is 4.93. The molecule has 144 valence electrons. The van der Waals surface area contributed by atoms with Crippen LogP contribution < -0.4 is 5.32 Å². The van der Waals surface area contributed by atoms with E-state index in [1.165, 1.54) is 18.4 Å². The molecule has 7 heteroatoms. The van der Waals surface area contributed by atoms with Crippen LogP contribution in [-0.2, 0) is 27.2 Å². The van der Waals surface area contributed by atoms with Gasteiger partial charge in [0, 0.05) is 17.7 Å². The highest BCUT2D eigenvalue weighted by atomic mass is 32.1. The fourth-order valence-electron chi connectivity index (χ4n) is 3.32. The van der Waals surface area contributed by atoms with E-state index in [2.05, 4.69) is 26.1 Å². The molecule has 6 nitrogen and oxygen atoms in total. The third kappa shape index (κ3) is 4.84. The number of carboxylic acids is 1. The predicted molar refractivity (Wildman–Crippen MR) is 101 cm³/mol. The molecular formula is C19H27NO5S. The van der Waals surface area contributed by atoms with Gasteiger partial charge in [0.1, 0.15) is 5.00 Å². The van der Waals surface area contributed by atoms with E-state index >= 15 is 0 Å². The second kappa shape index (κ2) is 8.20. The van der Waals surface area contributed by atoms with E-state index in [1.807, 2.05) is 0 Å². The van der Waals surface area contributed by atoms with Gasteiger partial charge < -0.3 is 15.2 Å². The van der Waals surface area contributed by atoms with Gasteiger partial charge in [-0.2, -0.15) is 0 Å². The first kappa shape index (κ1) is 20.4. The van der Waals surface area contributed by atoms with Gasteiger partial charge in [-0.15, -0.1) is 11.3 Å². The first-order valence-corrected chi connectivity index (χ1v) is 9.69. The molecule has 0 spiro atoms. The number of nitrogens with one attached hydrogen (secondary N) is 1. The molecule has 1 heterocycles. The van der Waals surface area contributed by atoms with E-state index in [0.717, 1.165) is 29.7 Å². The molecule has 1 atom stereocenters. The lowest BCUT2D eigenvalue weighted by Gasteiger charge is -2.33. The summed E-state index contributed by atoms with van der Waals surface area (Å²) in [5, 5.41) is 12.0. The zero-order valence-corrected chi connectivity index (χ0v) is 16.6. The number of fused-ring (bicyclic) bond motifs is 1. The maximum absolute atomic E-state index is 12.3. The first-order chi connectivity index (χ1) is 12.1. The molecule has 0 saturated heterocycles. The van der Waals surface area contributed by atoms with Crippen molar-refractivity contribution in [1.29, 1.82) is 0 Å². The van der Waals surface area contributed by atoms with Crippen LogP contribution in [0.1, 0.15) is 67.3 Å². The summed E-state index contributed by atoms with van der Waals surface area (Å²) in [5.41, 5.74) is 1.64. The summed E-state index contributed by atoms with van der Waals surface area (Å²) in [7, 11) is 1.34. The fourth-order valence-corrected chi connectivity index (χ4v) is 4.65. The van der Waals surface area contributed by atoms with Crippen LogP contribution in [0.3, 0.4) is 0 Å². The number of hydrogen-bond donors (Lipinski definition) is 2. The van der Waals surface area contributed by atoms with Crippen molar-refractivity contribution >= 4 is 34.2 Å². The molecule has 2 N–H and O–H groups in total. The summed E-state index contributed by atoms with van der Waals surface area (Å²) < 4.78 is 4.93. The number of amides is 1. The quantitative estimate of drug-likeness (QED) is 0.730. The molecule has 1 aromatic rings.